The van der Waals surface area contributed by atoms with Crippen molar-refractivity contribution in [1.82, 2.24) is 90.1 Å². The summed E-state index contributed by atoms with van der Waals surface area (Å²) in [5, 5.41) is 106. The normalized spacial score (nSPS) is 25.7. The maximum absolute atomic E-state index is 12.0. The fourth-order valence-corrected chi connectivity index (χ4v) is 9.40. The number of amides is 2. The van der Waals surface area contributed by atoms with Gasteiger partial charge in [-0.1, -0.05) is 0 Å². The maximum atomic E-state index is 12.0. The number of nitrogens with zero attached hydrogens (tertiary/aromatic N) is 16. The molecule has 6 aromatic heterocycles. The third-order valence-corrected chi connectivity index (χ3v) is 13.1. The number of carbonyl (C=O) groups excluding carboxylic acids is 2. The second-order valence-electron chi connectivity index (χ2n) is 17.7. The Morgan fingerprint density at radius 1 is 0.614 bits per heavy atom. The van der Waals surface area contributed by atoms with E-state index in [1.165, 1.54) is 22.2 Å². The van der Waals surface area contributed by atoms with Gasteiger partial charge in [-0.05, 0) is 62.8 Å². The van der Waals surface area contributed by atoms with Crippen molar-refractivity contribution in [3.05, 3.63) is 24.3 Å². The van der Waals surface area contributed by atoms with Crippen LogP contribution in [0.5, 0.6) is 0 Å². The highest BCUT2D eigenvalue weighted by Crippen LogP contribution is 2.37. The fourth-order valence-electron chi connectivity index (χ4n) is 9.40. The zero-order chi connectivity index (χ0) is 49.1. The highest BCUT2D eigenvalue weighted by Gasteiger charge is 2.45. The van der Waals surface area contributed by atoms with Crippen molar-refractivity contribution in [3.63, 3.8) is 0 Å². The van der Waals surface area contributed by atoms with Gasteiger partial charge in [0.25, 0.3) is 0 Å². The van der Waals surface area contributed by atoms with E-state index in [1.807, 2.05) is 13.8 Å². The summed E-state index contributed by atoms with van der Waals surface area (Å²) >= 11 is 0. The number of rotatable bonds is 20. The van der Waals surface area contributed by atoms with Gasteiger partial charge in [0.05, 0.1) is 49.9 Å². The molecule has 0 saturated heterocycles. The highest BCUT2D eigenvalue weighted by molar-refractivity contribution is 5.86. The summed E-state index contributed by atoms with van der Waals surface area (Å²) in [5.74, 6) is 1.22. The standard InChI is InChI=1S/C40H58N22O8/c1-3-61-55-25(53-57-61)9-11-41-39-49-35(29-37(51-39)59(17-43-29)23-13-21(31(67)33(23)69)47-27(65)15-63)45-19-5-7-20(8-6-19)46-36-30-38(52-40(50-36)42-12-10-26-54-58-62(4-2)56-26)60(18-44-30)24-14-22(32(68)34(24)70)48-28(66)16-64/h17-24,31-34,63-64,67-70H,3-16H2,1-2H3,(H,47,65)(H,48,66)(H2,41,45,49,51)(H2,42,46,50,52)/t19?,20?,21-,22-,23+,24+,31+,32+,33-,34-/m0/s1. The number of aromatic nitrogens is 16. The molecule has 6 heterocycles. The minimum absolute atomic E-state index is 0.0462. The minimum Gasteiger partial charge on any atom is -0.388 e. The monoisotopic (exact) mass is 974 g/mol. The first-order chi connectivity index (χ1) is 33.9. The molecule has 9 rings (SSSR count). The van der Waals surface area contributed by atoms with E-state index in [2.05, 4.69) is 72.7 Å². The number of fused-ring (bicyclic) bond motifs is 2. The van der Waals surface area contributed by atoms with Crippen LogP contribution in [0, 0.1) is 0 Å². The Kier molecular flexibility index (Phi) is 14.5. The Labute approximate surface area is 398 Å². The van der Waals surface area contributed by atoms with Crippen LogP contribution in [0.25, 0.3) is 22.3 Å². The van der Waals surface area contributed by atoms with Crippen molar-refractivity contribution in [2.45, 2.75) is 139 Å². The smallest absolute Gasteiger partial charge is 0.246 e. The molecule has 6 aromatic rings. The molecule has 12 N–H and O–H groups in total. The van der Waals surface area contributed by atoms with Crippen molar-refractivity contribution in [2.24, 2.45) is 0 Å². The van der Waals surface area contributed by atoms with Crippen molar-refractivity contribution < 1.29 is 40.2 Å². The zero-order valence-corrected chi connectivity index (χ0v) is 38.5. The van der Waals surface area contributed by atoms with Gasteiger partial charge in [-0.15, -0.1) is 20.4 Å². The van der Waals surface area contributed by atoms with Gasteiger partial charge in [0, 0.05) is 38.0 Å². The Morgan fingerprint density at radius 3 is 1.40 bits per heavy atom. The van der Waals surface area contributed by atoms with Gasteiger partial charge in [0.1, 0.15) is 37.6 Å². The molecule has 0 bridgehead atoms. The molecular formula is C40H58N22O8. The second kappa shape index (κ2) is 21.0. The van der Waals surface area contributed by atoms with Gasteiger partial charge < -0.3 is 71.7 Å². The SMILES string of the molecule is CCn1nnc(CCNc2nc(NC3CCC(Nc4nc(NCCc5nnn(CC)n5)nc5c4ncn5[C@@H]4C[C@H](NC(=O)CO)[C@@H](O)[C@H]4O)CC3)c3ncn([C@@H]4C[C@H](NC(=O)CO)[C@@H](O)[C@H]4O)c3n2)n1. The Morgan fingerprint density at radius 2 is 1.03 bits per heavy atom. The van der Waals surface area contributed by atoms with E-state index in [4.69, 9.17) is 19.9 Å². The summed E-state index contributed by atoms with van der Waals surface area (Å²) in [6.45, 7) is 4.24. The van der Waals surface area contributed by atoms with Crippen LogP contribution in [0.1, 0.15) is 76.1 Å². The van der Waals surface area contributed by atoms with Crippen LogP contribution in [0.2, 0.25) is 0 Å². The number of aliphatic hydroxyl groups is 6. The van der Waals surface area contributed by atoms with E-state index < -0.39 is 73.6 Å². The predicted octanol–water partition coefficient (Wildman–Crippen LogP) is -3.59. The summed E-state index contributed by atoms with van der Waals surface area (Å²) in [4.78, 5) is 55.6. The summed E-state index contributed by atoms with van der Waals surface area (Å²) < 4.78 is 3.34. The molecule has 0 aromatic carbocycles. The minimum atomic E-state index is -1.30. The van der Waals surface area contributed by atoms with Crippen molar-refractivity contribution in [1.29, 1.82) is 0 Å². The predicted molar refractivity (Wildman–Crippen MR) is 245 cm³/mol. The van der Waals surface area contributed by atoms with Crippen LogP contribution in [0.15, 0.2) is 12.7 Å². The molecule has 0 spiro atoms. The van der Waals surface area contributed by atoms with Crippen LogP contribution < -0.4 is 31.9 Å². The van der Waals surface area contributed by atoms with E-state index >= 15 is 0 Å². The molecular weight excluding hydrogens is 917 g/mol. The van der Waals surface area contributed by atoms with Crippen molar-refractivity contribution in [2.75, 3.05) is 47.6 Å². The molecule has 0 aliphatic heterocycles. The molecule has 2 amide bonds. The average Bonchev–Trinajstić information content (AvgIpc) is 4.25. The first-order valence-electron chi connectivity index (χ1n) is 23.5. The van der Waals surface area contributed by atoms with Gasteiger partial charge in [0.15, 0.2) is 45.6 Å². The summed E-state index contributed by atoms with van der Waals surface area (Å²) in [6, 6.07) is -3.14. The Bertz CT molecular complexity index is 2570. The number of aryl methyl sites for hydroxylation is 2. The molecule has 8 atom stereocenters. The number of hydrogen-bond donors (Lipinski definition) is 12. The number of carbonyl (C=O) groups is 2. The third-order valence-electron chi connectivity index (χ3n) is 13.1. The molecule has 30 nitrogen and oxygen atoms in total. The Balaban J connectivity index is 0.926. The number of aliphatic hydroxyl groups excluding tert-OH is 6. The number of nitrogens with one attached hydrogen (secondary N) is 6. The third kappa shape index (κ3) is 10.2. The lowest BCUT2D eigenvalue weighted by Crippen LogP contribution is -2.44. The van der Waals surface area contributed by atoms with Crippen LogP contribution in [-0.4, -0.2) is 197 Å². The van der Waals surface area contributed by atoms with E-state index in [0.29, 0.717) is 110 Å². The quantitative estimate of drug-likeness (QED) is 0.0352. The largest absolute Gasteiger partial charge is 0.388 e. The first-order valence-corrected chi connectivity index (χ1v) is 23.5. The fraction of sp³-hybridized carbons (Fsp3) is 0.650. The number of anilines is 4. The highest BCUT2D eigenvalue weighted by atomic mass is 16.3. The number of tetrazole rings is 2. The average molecular weight is 975 g/mol. The molecule has 376 valence electrons. The molecule has 3 aliphatic carbocycles. The molecule has 0 unspecified atom stereocenters. The molecule has 0 radical (unpaired) electrons. The van der Waals surface area contributed by atoms with Gasteiger partial charge in [-0.3, -0.25) is 9.59 Å². The summed E-state index contributed by atoms with van der Waals surface area (Å²) in [6.07, 6.45) is 1.92. The maximum Gasteiger partial charge on any atom is 0.246 e. The lowest BCUT2D eigenvalue weighted by Gasteiger charge is -2.30. The molecule has 3 aliphatic rings. The van der Waals surface area contributed by atoms with Crippen LogP contribution >= 0.6 is 0 Å². The number of imidazole rings is 2. The molecule has 3 fully saturated rings. The second-order valence-corrected chi connectivity index (χ2v) is 17.7. The van der Waals surface area contributed by atoms with Crippen molar-refractivity contribution >= 4 is 57.7 Å². The summed E-state index contributed by atoms with van der Waals surface area (Å²) in [7, 11) is 0. The van der Waals surface area contributed by atoms with Gasteiger partial charge in [0.2, 0.25) is 23.7 Å². The zero-order valence-electron chi connectivity index (χ0n) is 38.5. The van der Waals surface area contributed by atoms with Gasteiger partial charge >= 0.3 is 0 Å². The van der Waals surface area contributed by atoms with E-state index in [9.17, 15) is 40.2 Å². The first kappa shape index (κ1) is 48.2. The lowest BCUT2D eigenvalue weighted by molar-refractivity contribution is -0.126. The number of hydrogen-bond acceptors (Lipinski definition) is 24. The van der Waals surface area contributed by atoms with Crippen LogP contribution in [0.3, 0.4) is 0 Å². The molecule has 70 heavy (non-hydrogen) atoms. The van der Waals surface area contributed by atoms with E-state index in [-0.39, 0.29) is 36.8 Å². The lowest BCUT2D eigenvalue weighted by atomic mass is 9.91. The van der Waals surface area contributed by atoms with E-state index in [0.717, 1.165) is 0 Å². The molecule has 30 heteroatoms. The van der Waals surface area contributed by atoms with Gasteiger partial charge in [-0.2, -0.15) is 29.5 Å². The van der Waals surface area contributed by atoms with Crippen molar-refractivity contribution in [3.8, 4) is 0 Å². The summed E-state index contributed by atoms with van der Waals surface area (Å²) in [5.41, 5.74) is 1.66. The van der Waals surface area contributed by atoms with Crippen LogP contribution in [-0.2, 0) is 35.5 Å². The topological polar surface area (TPSA) is 402 Å². The van der Waals surface area contributed by atoms with Crippen LogP contribution in [0.4, 0.5) is 23.5 Å². The van der Waals surface area contributed by atoms with Gasteiger partial charge in [-0.25, -0.2) is 9.97 Å². The Hall–Kier alpha value is -6.86. The van der Waals surface area contributed by atoms with E-state index in [1.54, 1.807) is 9.13 Å². The molecule has 3 saturated carbocycles.